The average Bonchev–Trinajstić information content (AvgIpc) is 2.90. The van der Waals surface area contributed by atoms with Crippen molar-refractivity contribution in [3.63, 3.8) is 0 Å². The van der Waals surface area contributed by atoms with E-state index < -0.39 is 34.9 Å². The molecule has 1 saturated heterocycles. The smallest absolute Gasteiger partial charge is 0.416 e. The molecular weight excluding hydrogens is 351 g/mol. The van der Waals surface area contributed by atoms with Crippen molar-refractivity contribution in [2.75, 3.05) is 6.54 Å². The Balaban J connectivity index is 2.29. The number of carboxylic acid groups (broad SMARTS) is 1. The van der Waals surface area contributed by atoms with Gasteiger partial charge >= 0.3 is 18.2 Å². The van der Waals surface area contributed by atoms with Gasteiger partial charge in [-0.15, -0.1) is 0 Å². The number of ether oxygens (including phenoxy) is 1. The van der Waals surface area contributed by atoms with Gasteiger partial charge in [0.25, 0.3) is 0 Å². The van der Waals surface area contributed by atoms with Crippen molar-refractivity contribution in [2.45, 2.75) is 57.3 Å². The lowest BCUT2D eigenvalue weighted by Gasteiger charge is -2.36. The lowest BCUT2D eigenvalue weighted by molar-refractivity contribution is -0.149. The number of carbonyl (C=O) groups excluding carboxylic acids is 1. The van der Waals surface area contributed by atoms with E-state index in [9.17, 15) is 27.9 Å². The molecule has 26 heavy (non-hydrogen) atoms. The monoisotopic (exact) mass is 373 g/mol. The maximum absolute atomic E-state index is 12.7. The minimum Gasteiger partial charge on any atom is -0.479 e. The van der Waals surface area contributed by atoms with Crippen molar-refractivity contribution in [1.82, 2.24) is 4.90 Å². The van der Waals surface area contributed by atoms with Crippen LogP contribution < -0.4 is 0 Å². The molecule has 1 fully saturated rings. The van der Waals surface area contributed by atoms with E-state index in [0.717, 1.165) is 12.1 Å². The second-order valence-corrected chi connectivity index (χ2v) is 7.44. The van der Waals surface area contributed by atoms with Gasteiger partial charge in [0, 0.05) is 13.0 Å². The highest BCUT2D eigenvalue weighted by atomic mass is 19.4. The van der Waals surface area contributed by atoms with Crippen molar-refractivity contribution in [2.24, 2.45) is 0 Å². The van der Waals surface area contributed by atoms with E-state index in [-0.39, 0.29) is 19.4 Å². The molecule has 0 aliphatic carbocycles. The molecule has 0 unspecified atom stereocenters. The number of likely N-dealkylation sites (tertiary alicyclic amines) is 1. The van der Waals surface area contributed by atoms with Crippen LogP contribution in [0.3, 0.4) is 0 Å². The second-order valence-electron chi connectivity index (χ2n) is 7.44. The lowest BCUT2D eigenvalue weighted by atomic mass is 9.88. The molecule has 0 spiro atoms. The molecular formula is C18H22F3NO4. The Kier molecular flexibility index (Phi) is 5.26. The summed E-state index contributed by atoms with van der Waals surface area (Å²) in [6.45, 7) is 5.26. The summed E-state index contributed by atoms with van der Waals surface area (Å²) >= 11 is 0. The van der Waals surface area contributed by atoms with Crippen LogP contribution in [0.15, 0.2) is 24.3 Å². The first-order valence-electron chi connectivity index (χ1n) is 8.25. The van der Waals surface area contributed by atoms with Crippen molar-refractivity contribution in [1.29, 1.82) is 0 Å². The Morgan fingerprint density at radius 2 is 1.77 bits per heavy atom. The molecule has 0 saturated carbocycles. The van der Waals surface area contributed by atoms with Crippen LogP contribution in [0.25, 0.3) is 0 Å². The van der Waals surface area contributed by atoms with E-state index in [4.69, 9.17) is 4.74 Å². The van der Waals surface area contributed by atoms with Crippen molar-refractivity contribution in [3.05, 3.63) is 35.4 Å². The van der Waals surface area contributed by atoms with Gasteiger partial charge in [-0.3, -0.25) is 4.90 Å². The third-order valence-corrected chi connectivity index (χ3v) is 4.28. The summed E-state index contributed by atoms with van der Waals surface area (Å²) < 4.78 is 43.4. The standard InChI is InChI=1S/C18H22F3NO4/c1-16(2,3)26-15(25)22-10-4-9-17(22,14(23)24)11-12-5-7-13(8-6-12)18(19,20)21/h5-8H,4,9-11H2,1-3H3,(H,23,24)/t17-/m0/s1. The topological polar surface area (TPSA) is 66.8 Å². The summed E-state index contributed by atoms with van der Waals surface area (Å²) in [5, 5.41) is 9.80. The highest BCUT2D eigenvalue weighted by molar-refractivity contribution is 5.85. The number of carboxylic acids is 1. The van der Waals surface area contributed by atoms with Gasteiger partial charge in [0.05, 0.1) is 5.56 Å². The predicted molar refractivity (Wildman–Crippen MR) is 87.7 cm³/mol. The van der Waals surface area contributed by atoms with E-state index in [2.05, 4.69) is 0 Å². The molecule has 1 aliphatic heterocycles. The maximum Gasteiger partial charge on any atom is 0.416 e. The molecule has 1 aromatic carbocycles. The van der Waals surface area contributed by atoms with E-state index in [1.54, 1.807) is 20.8 Å². The van der Waals surface area contributed by atoms with Crippen LogP contribution in [0.5, 0.6) is 0 Å². The number of hydrogen-bond acceptors (Lipinski definition) is 3. The Bertz CT molecular complexity index is 679. The zero-order chi connectivity index (χ0) is 19.8. The molecule has 2 rings (SSSR count). The van der Waals surface area contributed by atoms with Crippen molar-refractivity contribution < 1.29 is 32.6 Å². The lowest BCUT2D eigenvalue weighted by Crippen LogP contribution is -2.55. The molecule has 0 radical (unpaired) electrons. The SMILES string of the molecule is CC(C)(C)OC(=O)N1CCC[C@]1(Cc1ccc(C(F)(F)F)cc1)C(=O)O. The molecule has 144 valence electrons. The first kappa shape index (κ1) is 20.1. The van der Waals surface area contributed by atoms with E-state index in [0.29, 0.717) is 12.0 Å². The number of amides is 1. The molecule has 1 amide bonds. The van der Waals surface area contributed by atoms with Crippen LogP contribution in [0, 0.1) is 0 Å². The molecule has 0 aromatic heterocycles. The zero-order valence-electron chi connectivity index (χ0n) is 14.9. The van der Waals surface area contributed by atoms with E-state index in [1.165, 1.54) is 17.0 Å². The summed E-state index contributed by atoms with van der Waals surface area (Å²) in [6, 6.07) is 4.33. The minimum atomic E-state index is -4.46. The third kappa shape index (κ3) is 4.28. The van der Waals surface area contributed by atoms with Crippen LogP contribution in [-0.4, -0.2) is 39.8 Å². The van der Waals surface area contributed by atoms with Crippen LogP contribution in [-0.2, 0) is 22.1 Å². The number of aliphatic carboxylic acids is 1. The minimum absolute atomic E-state index is 0.0836. The fraction of sp³-hybridized carbons (Fsp3) is 0.556. The predicted octanol–water partition coefficient (Wildman–Crippen LogP) is 4.10. The molecule has 1 N–H and O–H groups in total. The molecule has 1 aliphatic rings. The van der Waals surface area contributed by atoms with Gasteiger partial charge in [-0.05, 0) is 51.3 Å². The molecule has 1 heterocycles. The summed E-state index contributed by atoms with van der Waals surface area (Å²) in [7, 11) is 0. The highest BCUT2D eigenvalue weighted by Gasteiger charge is 2.51. The van der Waals surface area contributed by atoms with Gasteiger partial charge in [0.1, 0.15) is 11.1 Å². The van der Waals surface area contributed by atoms with Gasteiger partial charge in [0.2, 0.25) is 0 Å². The fourth-order valence-corrected chi connectivity index (χ4v) is 3.09. The number of alkyl halides is 3. The number of halogens is 3. The van der Waals surface area contributed by atoms with Crippen LogP contribution in [0.2, 0.25) is 0 Å². The second kappa shape index (κ2) is 6.81. The molecule has 1 atom stereocenters. The van der Waals surface area contributed by atoms with E-state index in [1.807, 2.05) is 0 Å². The van der Waals surface area contributed by atoms with E-state index >= 15 is 0 Å². The van der Waals surface area contributed by atoms with Gasteiger partial charge in [-0.2, -0.15) is 13.2 Å². The largest absolute Gasteiger partial charge is 0.479 e. The fourth-order valence-electron chi connectivity index (χ4n) is 3.09. The number of nitrogens with zero attached hydrogens (tertiary/aromatic N) is 1. The van der Waals surface area contributed by atoms with Crippen LogP contribution in [0.1, 0.15) is 44.7 Å². The summed E-state index contributed by atoms with van der Waals surface area (Å²) in [4.78, 5) is 25.6. The third-order valence-electron chi connectivity index (χ3n) is 4.28. The number of benzene rings is 1. The molecule has 8 heteroatoms. The van der Waals surface area contributed by atoms with Gasteiger partial charge < -0.3 is 9.84 Å². The quantitative estimate of drug-likeness (QED) is 0.866. The Morgan fingerprint density at radius 1 is 1.19 bits per heavy atom. The summed E-state index contributed by atoms with van der Waals surface area (Å²) in [6.07, 6.45) is -4.59. The van der Waals surface area contributed by atoms with Crippen LogP contribution in [0.4, 0.5) is 18.0 Å². The Morgan fingerprint density at radius 3 is 2.23 bits per heavy atom. The van der Waals surface area contributed by atoms with Crippen molar-refractivity contribution >= 4 is 12.1 Å². The maximum atomic E-state index is 12.7. The average molecular weight is 373 g/mol. The van der Waals surface area contributed by atoms with Gasteiger partial charge in [-0.25, -0.2) is 9.59 Å². The summed E-state index contributed by atoms with van der Waals surface area (Å²) in [5.41, 5.74) is -2.70. The van der Waals surface area contributed by atoms with Crippen molar-refractivity contribution in [3.8, 4) is 0 Å². The molecule has 1 aromatic rings. The van der Waals surface area contributed by atoms with Gasteiger partial charge in [-0.1, -0.05) is 12.1 Å². The van der Waals surface area contributed by atoms with Crippen LogP contribution >= 0.6 is 0 Å². The first-order chi connectivity index (χ1) is 11.8. The summed E-state index contributed by atoms with van der Waals surface area (Å²) in [5.74, 6) is -1.19. The number of hydrogen-bond donors (Lipinski definition) is 1. The number of rotatable bonds is 3. The normalized spacial score (nSPS) is 20.9. The van der Waals surface area contributed by atoms with Gasteiger partial charge in [0.15, 0.2) is 0 Å². The Hall–Kier alpha value is -2.25. The molecule has 0 bridgehead atoms. The molecule has 5 nitrogen and oxygen atoms in total. The number of carbonyl (C=O) groups is 2. The first-order valence-corrected chi connectivity index (χ1v) is 8.25. The zero-order valence-corrected chi connectivity index (χ0v) is 14.9. The Labute approximate surface area is 149 Å². The highest BCUT2D eigenvalue weighted by Crippen LogP contribution is 2.35.